The molecule has 0 amide bonds. The average Bonchev–Trinajstić information content (AvgIpc) is 3.73. The maximum atomic E-state index is 13.3. The second-order valence-corrected chi connectivity index (χ2v) is 12.5. The fourth-order valence-corrected chi connectivity index (χ4v) is 7.42. The number of aromatic nitrogens is 3. The predicted molar refractivity (Wildman–Crippen MR) is 165 cm³/mol. The number of ketones is 1. The zero-order valence-corrected chi connectivity index (χ0v) is 25.6. The van der Waals surface area contributed by atoms with Gasteiger partial charge in [-0.25, -0.2) is 15.0 Å². The van der Waals surface area contributed by atoms with Gasteiger partial charge in [-0.05, 0) is 62.4 Å². The van der Waals surface area contributed by atoms with E-state index in [2.05, 4.69) is 33.9 Å². The van der Waals surface area contributed by atoms with Crippen molar-refractivity contribution < 1.29 is 19.4 Å². The van der Waals surface area contributed by atoms with Crippen LogP contribution in [0.2, 0.25) is 0 Å². The van der Waals surface area contributed by atoms with E-state index in [0.717, 1.165) is 48.1 Å². The molecule has 0 unspecified atom stereocenters. The number of aliphatic carboxylic acids is 1. The van der Waals surface area contributed by atoms with Gasteiger partial charge < -0.3 is 14.7 Å². The molecule has 224 valence electrons. The summed E-state index contributed by atoms with van der Waals surface area (Å²) >= 11 is 1.64. The Hall–Kier alpha value is -3.08. The van der Waals surface area contributed by atoms with Gasteiger partial charge in [0.2, 0.25) is 0 Å². The van der Waals surface area contributed by atoms with Crippen molar-refractivity contribution in [2.24, 2.45) is 5.92 Å². The van der Waals surface area contributed by atoms with E-state index in [9.17, 15) is 14.7 Å². The molecule has 6 rings (SSSR count). The van der Waals surface area contributed by atoms with Gasteiger partial charge in [-0.15, -0.1) is 23.7 Å². The van der Waals surface area contributed by atoms with Gasteiger partial charge in [-0.1, -0.05) is 13.3 Å². The molecule has 11 heteroatoms. The van der Waals surface area contributed by atoms with E-state index in [0.29, 0.717) is 43.5 Å². The molecular formula is C31H38ClN5O4S. The van der Waals surface area contributed by atoms with Gasteiger partial charge in [0.05, 0.1) is 37.0 Å². The summed E-state index contributed by atoms with van der Waals surface area (Å²) in [7, 11) is 0. The van der Waals surface area contributed by atoms with Gasteiger partial charge in [0.25, 0.3) is 0 Å². The summed E-state index contributed by atoms with van der Waals surface area (Å²) in [5.74, 6) is 0.486. The van der Waals surface area contributed by atoms with Crippen LogP contribution in [0.3, 0.4) is 0 Å². The van der Waals surface area contributed by atoms with Crippen molar-refractivity contribution in [2.75, 3.05) is 31.1 Å². The summed E-state index contributed by atoms with van der Waals surface area (Å²) in [4.78, 5) is 44.3. The number of ether oxygens (including phenoxy) is 1. The monoisotopic (exact) mass is 611 g/mol. The first-order chi connectivity index (χ1) is 20.0. The van der Waals surface area contributed by atoms with Crippen LogP contribution < -0.4 is 9.64 Å². The average molecular weight is 612 g/mol. The number of Topliss-reactive ketones (excluding diaryl/α,β-unsaturated/α-hetero) is 1. The highest BCUT2D eigenvalue weighted by Crippen LogP contribution is 2.36. The Morgan fingerprint density at radius 3 is 2.69 bits per heavy atom. The van der Waals surface area contributed by atoms with Gasteiger partial charge in [0.1, 0.15) is 22.3 Å². The van der Waals surface area contributed by atoms with Crippen LogP contribution in [-0.2, 0) is 24.2 Å². The van der Waals surface area contributed by atoms with Crippen molar-refractivity contribution >= 4 is 41.3 Å². The van der Waals surface area contributed by atoms with E-state index in [4.69, 9.17) is 9.72 Å². The first-order valence-corrected chi connectivity index (χ1v) is 15.6. The number of anilines is 1. The number of nitrogens with zero attached hydrogens (tertiary/aromatic N) is 5. The van der Waals surface area contributed by atoms with Crippen LogP contribution in [0, 0.1) is 5.92 Å². The zero-order chi connectivity index (χ0) is 28.3. The molecule has 3 aromatic rings. The fourth-order valence-electron chi connectivity index (χ4n) is 6.30. The Balaban J connectivity index is 0.00000353. The number of fused-ring (bicyclic) bond motifs is 1. The number of likely N-dealkylation sites (tertiary alicyclic amines) is 1. The van der Waals surface area contributed by atoms with Gasteiger partial charge in [0.15, 0.2) is 5.78 Å². The number of hydrogen-bond acceptors (Lipinski definition) is 9. The summed E-state index contributed by atoms with van der Waals surface area (Å²) < 4.78 is 5.73. The molecule has 1 atom stereocenters. The fraction of sp³-hybridized carbons (Fsp3) is 0.516. The van der Waals surface area contributed by atoms with E-state index in [1.54, 1.807) is 17.5 Å². The topological polar surface area (TPSA) is 109 Å². The Morgan fingerprint density at radius 1 is 1.12 bits per heavy atom. The van der Waals surface area contributed by atoms with Gasteiger partial charge in [0, 0.05) is 42.5 Å². The summed E-state index contributed by atoms with van der Waals surface area (Å²) in [5, 5.41) is 10.0. The maximum Gasteiger partial charge on any atom is 0.306 e. The zero-order valence-electron chi connectivity index (χ0n) is 24.0. The summed E-state index contributed by atoms with van der Waals surface area (Å²) in [5.41, 5.74) is 3.60. The number of carboxylic acids is 1. The minimum absolute atomic E-state index is 0. The summed E-state index contributed by atoms with van der Waals surface area (Å²) in [6.45, 7) is 6.16. The third-order valence-electron chi connectivity index (χ3n) is 8.58. The van der Waals surface area contributed by atoms with E-state index >= 15 is 0 Å². The number of hydrogen-bond donors (Lipinski definition) is 1. The van der Waals surface area contributed by atoms with Crippen molar-refractivity contribution in [3.8, 4) is 17.0 Å². The maximum absolute atomic E-state index is 13.3. The van der Waals surface area contributed by atoms with Crippen molar-refractivity contribution in [3.63, 3.8) is 0 Å². The summed E-state index contributed by atoms with van der Waals surface area (Å²) in [6, 6.07) is 6.94. The molecule has 2 fully saturated rings. The minimum Gasteiger partial charge on any atom is -0.493 e. The first-order valence-electron chi connectivity index (χ1n) is 14.8. The highest BCUT2D eigenvalue weighted by atomic mass is 35.5. The molecule has 0 saturated carbocycles. The number of halogens is 1. The standard InChI is InChI=1S/C31H37N5O4S.ClH/c1-2-4-23-5-3-11-36(23)19-27-30(22-6-7-26-21(15-22)10-14-40-26)34-29(41-27)16-25(37)24-17-33-28(18-32-24)35-12-8-20(9-13-35)31(38)39;/h6-7,15,17-18,20,23H,2-5,8-14,16,19H2,1H3,(H,38,39);1H/t23-;/m1./s1. The lowest BCUT2D eigenvalue weighted by molar-refractivity contribution is -0.142. The van der Waals surface area contributed by atoms with Crippen LogP contribution in [0.4, 0.5) is 5.82 Å². The van der Waals surface area contributed by atoms with Gasteiger partial charge in [-0.3, -0.25) is 14.5 Å². The third kappa shape index (κ3) is 6.61. The normalized spacial score (nSPS) is 18.9. The smallest absolute Gasteiger partial charge is 0.306 e. The largest absolute Gasteiger partial charge is 0.493 e. The Kier molecular flexibility index (Phi) is 9.75. The van der Waals surface area contributed by atoms with Crippen LogP contribution in [-0.4, -0.2) is 69.0 Å². The molecule has 3 aliphatic heterocycles. The first kappa shape index (κ1) is 30.4. The van der Waals surface area contributed by atoms with Crippen LogP contribution >= 0.6 is 23.7 Å². The minimum atomic E-state index is -0.739. The second-order valence-electron chi connectivity index (χ2n) is 11.3. The number of carbonyl (C=O) groups excluding carboxylic acids is 1. The Labute approximate surface area is 256 Å². The highest BCUT2D eigenvalue weighted by molar-refractivity contribution is 7.12. The molecular weight excluding hydrogens is 574 g/mol. The van der Waals surface area contributed by atoms with Crippen molar-refractivity contribution in [2.45, 2.75) is 70.9 Å². The second kappa shape index (κ2) is 13.5. The van der Waals surface area contributed by atoms with Crippen LogP contribution in [0.15, 0.2) is 30.6 Å². The molecule has 5 heterocycles. The number of carboxylic acid groups (broad SMARTS) is 1. The Bertz CT molecular complexity index is 1410. The molecule has 1 aromatic carbocycles. The predicted octanol–water partition coefficient (Wildman–Crippen LogP) is 5.45. The SMILES string of the molecule is CCC[C@@H]1CCCN1Cc1sc(CC(=O)c2cnc(N3CCC(C(=O)O)CC3)cn2)nc1-c1ccc2c(c1)CCO2.Cl. The molecule has 42 heavy (non-hydrogen) atoms. The lowest BCUT2D eigenvalue weighted by Gasteiger charge is -2.30. The van der Waals surface area contributed by atoms with E-state index in [-0.39, 0.29) is 30.5 Å². The van der Waals surface area contributed by atoms with Crippen molar-refractivity contribution in [3.05, 3.63) is 51.7 Å². The third-order valence-corrected chi connectivity index (χ3v) is 9.62. The quantitative estimate of drug-likeness (QED) is 0.299. The van der Waals surface area contributed by atoms with E-state index in [1.165, 1.54) is 42.3 Å². The number of carbonyl (C=O) groups is 2. The molecule has 2 aromatic heterocycles. The molecule has 2 saturated heterocycles. The molecule has 0 spiro atoms. The number of rotatable bonds is 10. The lowest BCUT2D eigenvalue weighted by atomic mass is 9.97. The van der Waals surface area contributed by atoms with Gasteiger partial charge >= 0.3 is 5.97 Å². The molecule has 0 aliphatic carbocycles. The van der Waals surface area contributed by atoms with Crippen LogP contribution in [0.5, 0.6) is 5.75 Å². The number of thiazole rings is 1. The molecule has 3 aliphatic rings. The molecule has 0 radical (unpaired) electrons. The lowest BCUT2D eigenvalue weighted by Crippen LogP contribution is -2.36. The van der Waals surface area contributed by atoms with Crippen molar-refractivity contribution in [1.29, 1.82) is 0 Å². The highest BCUT2D eigenvalue weighted by Gasteiger charge is 2.28. The van der Waals surface area contributed by atoms with Crippen molar-refractivity contribution in [1.82, 2.24) is 19.9 Å². The molecule has 9 nitrogen and oxygen atoms in total. The van der Waals surface area contributed by atoms with E-state index < -0.39 is 5.97 Å². The Morgan fingerprint density at radius 2 is 1.95 bits per heavy atom. The van der Waals surface area contributed by atoms with Crippen LogP contribution in [0.25, 0.3) is 11.3 Å². The molecule has 0 bridgehead atoms. The number of benzene rings is 1. The summed E-state index contributed by atoms with van der Waals surface area (Å²) in [6.07, 6.45) is 10.3. The number of piperidine rings is 1. The van der Waals surface area contributed by atoms with E-state index in [1.807, 2.05) is 11.0 Å². The van der Waals surface area contributed by atoms with Gasteiger partial charge in [-0.2, -0.15) is 0 Å². The molecule has 1 N–H and O–H groups in total. The van der Waals surface area contributed by atoms with Crippen LogP contribution in [0.1, 0.15) is 71.4 Å².